The largest absolute Gasteiger partial charge is 0.417 e. The van der Waals surface area contributed by atoms with E-state index in [9.17, 15) is 26.4 Å². The third-order valence-electron chi connectivity index (χ3n) is 4.53. The number of carbonyl (C=O) groups excluding carboxylic acids is 1. The maximum absolute atomic E-state index is 13.0. The van der Waals surface area contributed by atoms with Gasteiger partial charge in [0.05, 0.1) is 22.4 Å². The third-order valence-corrected chi connectivity index (χ3v) is 6.33. The van der Waals surface area contributed by atoms with E-state index in [-0.39, 0.29) is 16.0 Å². The average Bonchev–Trinajstić information content (AvgIpc) is 2.79. The van der Waals surface area contributed by atoms with Crippen LogP contribution in [0.15, 0.2) is 88.9 Å². The van der Waals surface area contributed by atoms with Crippen LogP contribution in [0.4, 0.5) is 18.9 Å². The van der Waals surface area contributed by atoms with Crippen LogP contribution in [-0.2, 0) is 16.2 Å². The van der Waals surface area contributed by atoms with Gasteiger partial charge in [0.1, 0.15) is 0 Å². The first kappa shape index (κ1) is 23.0. The summed E-state index contributed by atoms with van der Waals surface area (Å²) < 4.78 is 65.4. The van der Waals surface area contributed by atoms with E-state index >= 15 is 0 Å². The van der Waals surface area contributed by atoms with E-state index < -0.39 is 27.7 Å². The summed E-state index contributed by atoms with van der Waals surface area (Å²) in [6, 6.07) is 18.4. The fraction of sp³-hybridized carbons (Fsp3) is 0.0909. The van der Waals surface area contributed by atoms with Crippen molar-refractivity contribution in [3.63, 3.8) is 0 Å². The first-order valence-corrected chi connectivity index (χ1v) is 10.7. The highest BCUT2D eigenvalue weighted by Crippen LogP contribution is 2.31. The van der Waals surface area contributed by atoms with Crippen molar-refractivity contribution in [1.29, 1.82) is 0 Å². The molecule has 0 bridgehead atoms. The van der Waals surface area contributed by atoms with Crippen LogP contribution in [0.1, 0.15) is 21.5 Å². The normalized spacial score (nSPS) is 12.0. The topological polar surface area (TPSA) is 78.8 Å². The number of benzene rings is 3. The molecule has 3 aromatic rings. The number of hydrogen-bond acceptors (Lipinski definition) is 4. The smallest absolute Gasteiger partial charge is 0.269 e. The number of nitrogens with one attached hydrogen (secondary N) is 1. The van der Waals surface area contributed by atoms with Gasteiger partial charge in [-0.05, 0) is 42.5 Å². The van der Waals surface area contributed by atoms with E-state index in [0.717, 1.165) is 16.6 Å². The molecule has 0 aliphatic carbocycles. The highest BCUT2D eigenvalue weighted by Gasteiger charge is 2.32. The van der Waals surface area contributed by atoms with E-state index in [4.69, 9.17) is 0 Å². The van der Waals surface area contributed by atoms with Crippen LogP contribution >= 0.6 is 0 Å². The number of anilines is 1. The number of carbonyl (C=O) groups is 1. The molecule has 166 valence electrons. The second-order valence-corrected chi connectivity index (χ2v) is 8.59. The highest BCUT2D eigenvalue weighted by molar-refractivity contribution is 7.92. The number of rotatable bonds is 6. The Morgan fingerprint density at radius 1 is 0.938 bits per heavy atom. The van der Waals surface area contributed by atoms with Crippen molar-refractivity contribution < 1.29 is 26.4 Å². The van der Waals surface area contributed by atoms with E-state index in [1.54, 1.807) is 18.2 Å². The van der Waals surface area contributed by atoms with Gasteiger partial charge in [-0.1, -0.05) is 36.4 Å². The van der Waals surface area contributed by atoms with E-state index in [1.807, 2.05) is 0 Å². The number of sulfonamides is 1. The number of halogens is 3. The first-order valence-electron chi connectivity index (χ1n) is 9.24. The SMILES string of the molecule is CN(c1ccc(C(=O)N/N=C/c2ccccc2C(F)(F)F)cc1)S(=O)(=O)c1ccccc1. The van der Waals surface area contributed by atoms with Crippen molar-refractivity contribution in [2.75, 3.05) is 11.4 Å². The molecule has 3 rings (SSSR count). The van der Waals surface area contributed by atoms with Gasteiger partial charge in [-0.15, -0.1) is 0 Å². The Labute approximate surface area is 183 Å². The highest BCUT2D eigenvalue weighted by atomic mass is 32.2. The molecule has 3 aromatic carbocycles. The minimum absolute atomic E-state index is 0.123. The molecule has 0 aromatic heterocycles. The van der Waals surface area contributed by atoms with E-state index in [0.29, 0.717) is 5.69 Å². The summed E-state index contributed by atoms with van der Waals surface area (Å²) in [4.78, 5) is 12.4. The van der Waals surface area contributed by atoms with Gasteiger partial charge in [-0.3, -0.25) is 9.10 Å². The summed E-state index contributed by atoms with van der Waals surface area (Å²) >= 11 is 0. The van der Waals surface area contributed by atoms with Crippen molar-refractivity contribution in [3.05, 3.63) is 95.6 Å². The Kier molecular flexibility index (Phi) is 6.64. The van der Waals surface area contributed by atoms with Crippen LogP contribution in [0, 0.1) is 0 Å². The van der Waals surface area contributed by atoms with E-state index in [2.05, 4.69) is 10.5 Å². The minimum Gasteiger partial charge on any atom is -0.269 e. The Morgan fingerprint density at radius 2 is 1.53 bits per heavy atom. The van der Waals surface area contributed by atoms with Crippen LogP contribution < -0.4 is 9.73 Å². The maximum Gasteiger partial charge on any atom is 0.417 e. The molecular formula is C22H18F3N3O3S. The fourth-order valence-electron chi connectivity index (χ4n) is 2.80. The Hall–Kier alpha value is -3.66. The molecule has 0 unspecified atom stereocenters. The Balaban J connectivity index is 1.71. The van der Waals surface area contributed by atoms with Crippen molar-refractivity contribution in [3.8, 4) is 0 Å². The summed E-state index contributed by atoms with van der Waals surface area (Å²) in [6.45, 7) is 0. The van der Waals surface area contributed by atoms with Gasteiger partial charge in [-0.2, -0.15) is 18.3 Å². The predicted octanol–water partition coefficient (Wildman–Crippen LogP) is 4.29. The lowest BCUT2D eigenvalue weighted by Gasteiger charge is -2.19. The molecule has 0 heterocycles. The van der Waals surface area contributed by atoms with Gasteiger partial charge in [0.25, 0.3) is 15.9 Å². The number of nitrogens with zero attached hydrogens (tertiary/aromatic N) is 2. The molecule has 0 saturated heterocycles. The number of amides is 1. The second kappa shape index (κ2) is 9.23. The number of hydrogen-bond donors (Lipinski definition) is 1. The van der Waals surface area contributed by atoms with Crippen LogP contribution in [0.5, 0.6) is 0 Å². The molecule has 0 aliphatic rings. The van der Waals surface area contributed by atoms with Gasteiger partial charge in [0.15, 0.2) is 0 Å². The first-order chi connectivity index (χ1) is 15.1. The van der Waals surface area contributed by atoms with Gasteiger partial charge < -0.3 is 0 Å². The number of hydrazone groups is 1. The van der Waals surface area contributed by atoms with Crippen molar-refractivity contribution in [2.24, 2.45) is 5.10 Å². The zero-order valence-electron chi connectivity index (χ0n) is 16.7. The van der Waals surface area contributed by atoms with Crippen LogP contribution in [0.25, 0.3) is 0 Å². The zero-order valence-corrected chi connectivity index (χ0v) is 17.6. The molecule has 0 atom stereocenters. The maximum atomic E-state index is 13.0. The summed E-state index contributed by atoms with van der Waals surface area (Å²) in [5.41, 5.74) is 1.58. The van der Waals surface area contributed by atoms with Crippen molar-refractivity contribution in [2.45, 2.75) is 11.1 Å². The molecule has 0 radical (unpaired) electrons. The Bertz CT molecular complexity index is 1230. The average molecular weight is 461 g/mol. The molecule has 32 heavy (non-hydrogen) atoms. The summed E-state index contributed by atoms with van der Waals surface area (Å²) in [7, 11) is -2.38. The van der Waals surface area contributed by atoms with Crippen molar-refractivity contribution >= 4 is 27.8 Å². The molecule has 0 spiro atoms. The van der Waals surface area contributed by atoms with Gasteiger partial charge in [-0.25, -0.2) is 13.8 Å². The third kappa shape index (κ3) is 5.14. The lowest BCUT2D eigenvalue weighted by molar-refractivity contribution is -0.137. The molecule has 0 fully saturated rings. The summed E-state index contributed by atoms with van der Waals surface area (Å²) in [5.74, 6) is -0.661. The lowest BCUT2D eigenvalue weighted by atomic mass is 10.1. The standard InChI is InChI=1S/C22H18F3N3O3S/c1-28(32(30,31)19-8-3-2-4-9-19)18-13-11-16(12-14-18)21(29)27-26-15-17-7-5-6-10-20(17)22(23,24)25/h2-15H,1H3,(H,27,29)/b26-15+. The molecule has 0 aliphatic heterocycles. The molecule has 1 amide bonds. The molecule has 10 heteroatoms. The van der Waals surface area contributed by atoms with Gasteiger partial charge in [0.2, 0.25) is 0 Å². The van der Waals surface area contributed by atoms with Gasteiger partial charge in [0, 0.05) is 18.2 Å². The van der Waals surface area contributed by atoms with Crippen LogP contribution in [0.3, 0.4) is 0 Å². The number of alkyl halides is 3. The summed E-state index contributed by atoms with van der Waals surface area (Å²) in [6.07, 6.45) is -3.64. The monoisotopic (exact) mass is 461 g/mol. The van der Waals surface area contributed by atoms with Crippen molar-refractivity contribution in [1.82, 2.24) is 5.43 Å². The molecule has 6 nitrogen and oxygen atoms in total. The van der Waals surface area contributed by atoms with Crippen LogP contribution in [0.2, 0.25) is 0 Å². The van der Waals surface area contributed by atoms with E-state index in [1.165, 1.54) is 61.6 Å². The minimum atomic E-state index is -4.55. The predicted molar refractivity (Wildman–Crippen MR) is 115 cm³/mol. The molecule has 1 N–H and O–H groups in total. The fourth-order valence-corrected chi connectivity index (χ4v) is 4.02. The zero-order chi connectivity index (χ0) is 23.4. The quantitative estimate of drug-likeness (QED) is 0.439. The Morgan fingerprint density at radius 3 is 2.16 bits per heavy atom. The van der Waals surface area contributed by atoms with Crippen LogP contribution in [-0.4, -0.2) is 27.6 Å². The summed E-state index contributed by atoms with van der Waals surface area (Å²) in [5, 5.41) is 3.60. The van der Waals surface area contributed by atoms with Gasteiger partial charge >= 0.3 is 6.18 Å². The molecular weight excluding hydrogens is 443 g/mol. The molecule has 0 saturated carbocycles. The lowest BCUT2D eigenvalue weighted by Crippen LogP contribution is -2.26. The second-order valence-electron chi connectivity index (χ2n) is 6.62.